The number of aromatic nitrogens is 2. The van der Waals surface area contributed by atoms with E-state index in [4.69, 9.17) is 0 Å². The number of carbonyl (C=O) groups excluding carboxylic acids is 1. The highest BCUT2D eigenvalue weighted by atomic mass is 32.2. The second-order valence-electron chi connectivity index (χ2n) is 7.12. The molecule has 160 valence electrons. The molecular formula is C22H28N4O3S. The van der Waals surface area contributed by atoms with Gasteiger partial charge in [0.2, 0.25) is 10.0 Å². The molecule has 0 radical (unpaired) electrons. The summed E-state index contributed by atoms with van der Waals surface area (Å²) in [4.78, 5) is 17.5. The van der Waals surface area contributed by atoms with Crippen LogP contribution >= 0.6 is 0 Å². The molecule has 3 aromatic rings. The Bertz CT molecular complexity index is 1160. The number of rotatable bonds is 8. The van der Waals surface area contributed by atoms with Gasteiger partial charge in [-0.2, -0.15) is 4.31 Å². The van der Waals surface area contributed by atoms with Crippen molar-refractivity contribution in [3.8, 4) is 0 Å². The quantitative estimate of drug-likeness (QED) is 0.597. The van der Waals surface area contributed by atoms with Gasteiger partial charge >= 0.3 is 0 Å². The van der Waals surface area contributed by atoms with Gasteiger partial charge in [0.15, 0.2) is 0 Å². The van der Waals surface area contributed by atoms with E-state index in [9.17, 15) is 13.2 Å². The van der Waals surface area contributed by atoms with E-state index in [1.165, 1.54) is 10.4 Å². The van der Waals surface area contributed by atoms with Crippen LogP contribution in [0.2, 0.25) is 0 Å². The third-order valence-corrected chi connectivity index (χ3v) is 7.31. The minimum atomic E-state index is -3.62. The fourth-order valence-corrected chi connectivity index (χ4v) is 5.06. The molecule has 0 unspecified atom stereocenters. The Kier molecular flexibility index (Phi) is 6.58. The van der Waals surface area contributed by atoms with Crippen LogP contribution in [0, 0.1) is 13.8 Å². The van der Waals surface area contributed by atoms with Crippen molar-refractivity contribution in [1.82, 2.24) is 19.2 Å². The second kappa shape index (κ2) is 8.97. The number of hydrogen-bond acceptors (Lipinski definition) is 4. The van der Waals surface area contributed by atoms with Gasteiger partial charge in [-0.3, -0.25) is 4.79 Å². The van der Waals surface area contributed by atoms with E-state index in [-0.39, 0.29) is 10.8 Å². The summed E-state index contributed by atoms with van der Waals surface area (Å²) in [6, 6.07) is 12.6. The van der Waals surface area contributed by atoms with Gasteiger partial charge in [0.1, 0.15) is 5.82 Å². The molecule has 0 spiro atoms. The first kappa shape index (κ1) is 22.0. The van der Waals surface area contributed by atoms with Crippen LogP contribution < -0.4 is 5.32 Å². The van der Waals surface area contributed by atoms with Crippen molar-refractivity contribution in [2.24, 2.45) is 0 Å². The number of hydrogen-bond donors (Lipinski definition) is 1. The van der Waals surface area contributed by atoms with Crippen LogP contribution in [0.5, 0.6) is 0 Å². The zero-order chi connectivity index (χ0) is 21.9. The van der Waals surface area contributed by atoms with Crippen molar-refractivity contribution in [3.63, 3.8) is 0 Å². The highest BCUT2D eigenvalue weighted by Crippen LogP contribution is 2.20. The number of carbonyl (C=O) groups is 1. The Morgan fingerprint density at radius 2 is 1.80 bits per heavy atom. The van der Waals surface area contributed by atoms with Gasteiger partial charge in [-0.25, -0.2) is 13.4 Å². The lowest BCUT2D eigenvalue weighted by Crippen LogP contribution is -2.31. The topological polar surface area (TPSA) is 84.3 Å². The maximum Gasteiger partial charge on any atom is 0.251 e. The molecule has 1 amide bonds. The number of nitrogens with one attached hydrogen (secondary N) is 1. The number of fused-ring (bicyclic) bond motifs is 1. The average molecular weight is 429 g/mol. The Hall–Kier alpha value is -2.71. The minimum Gasteiger partial charge on any atom is -0.350 e. The van der Waals surface area contributed by atoms with Crippen molar-refractivity contribution in [2.45, 2.75) is 39.1 Å². The minimum absolute atomic E-state index is 0.137. The molecule has 0 atom stereocenters. The normalized spacial score (nSPS) is 11.9. The number of imidazole rings is 1. The van der Waals surface area contributed by atoms with Gasteiger partial charge in [0.25, 0.3) is 5.91 Å². The summed E-state index contributed by atoms with van der Waals surface area (Å²) in [7, 11) is -3.62. The van der Waals surface area contributed by atoms with Gasteiger partial charge in [-0.05, 0) is 43.7 Å². The summed E-state index contributed by atoms with van der Waals surface area (Å²) < 4.78 is 29.0. The van der Waals surface area contributed by atoms with Gasteiger partial charge in [0.05, 0.1) is 15.9 Å². The lowest BCUT2D eigenvalue weighted by atomic mass is 10.1. The number of para-hydroxylation sites is 2. The largest absolute Gasteiger partial charge is 0.350 e. The number of aryl methyl sites for hydroxylation is 2. The lowest BCUT2D eigenvalue weighted by molar-refractivity contribution is 0.0951. The molecule has 0 fully saturated rings. The molecule has 30 heavy (non-hydrogen) atoms. The van der Waals surface area contributed by atoms with Crippen LogP contribution in [0.1, 0.15) is 35.6 Å². The number of nitrogens with zero attached hydrogens (tertiary/aromatic N) is 3. The monoisotopic (exact) mass is 428 g/mol. The highest BCUT2D eigenvalue weighted by molar-refractivity contribution is 7.89. The summed E-state index contributed by atoms with van der Waals surface area (Å²) in [5.74, 6) is 0.597. The third kappa shape index (κ3) is 4.24. The molecule has 0 saturated carbocycles. The Morgan fingerprint density at radius 1 is 1.10 bits per heavy atom. The molecule has 7 nitrogen and oxygen atoms in total. The van der Waals surface area contributed by atoms with Crippen LogP contribution in [-0.2, 0) is 16.6 Å². The molecule has 8 heteroatoms. The van der Waals surface area contributed by atoms with Crippen LogP contribution in [-0.4, -0.2) is 47.8 Å². The van der Waals surface area contributed by atoms with Crippen LogP contribution in [0.3, 0.4) is 0 Å². The van der Waals surface area contributed by atoms with E-state index < -0.39 is 10.0 Å². The van der Waals surface area contributed by atoms with Crippen molar-refractivity contribution in [1.29, 1.82) is 0 Å². The highest BCUT2D eigenvalue weighted by Gasteiger charge is 2.23. The van der Waals surface area contributed by atoms with E-state index in [1.807, 2.05) is 31.2 Å². The lowest BCUT2D eigenvalue weighted by Gasteiger charge is -2.19. The molecule has 0 saturated heterocycles. The first-order valence-corrected chi connectivity index (χ1v) is 11.5. The standard InChI is InChI=1S/C22H28N4O3S/c1-5-25(6-2)30(28,29)18-12-11-16(3)19(15-18)22(27)23-13-14-26-17(4)24-20-9-7-8-10-21(20)26/h7-12,15H,5-6,13-14H2,1-4H3,(H,23,27). The zero-order valence-electron chi connectivity index (χ0n) is 17.8. The zero-order valence-corrected chi connectivity index (χ0v) is 18.7. The van der Waals surface area contributed by atoms with Gasteiger partial charge in [0, 0.05) is 31.7 Å². The van der Waals surface area contributed by atoms with Crippen molar-refractivity contribution in [3.05, 3.63) is 59.4 Å². The number of benzene rings is 2. The molecular weight excluding hydrogens is 400 g/mol. The van der Waals surface area contributed by atoms with Crippen molar-refractivity contribution >= 4 is 27.0 Å². The number of amides is 1. The summed E-state index contributed by atoms with van der Waals surface area (Å²) in [6.45, 7) is 9.08. The molecule has 1 heterocycles. The number of sulfonamides is 1. The van der Waals surface area contributed by atoms with Gasteiger partial charge in [-0.15, -0.1) is 0 Å². The van der Waals surface area contributed by atoms with Crippen LogP contribution in [0.4, 0.5) is 0 Å². The Balaban J connectivity index is 1.76. The van der Waals surface area contributed by atoms with Gasteiger partial charge in [-0.1, -0.05) is 32.0 Å². The summed E-state index contributed by atoms with van der Waals surface area (Å²) in [6.07, 6.45) is 0. The van der Waals surface area contributed by atoms with E-state index in [0.29, 0.717) is 31.7 Å². The molecule has 2 aromatic carbocycles. The van der Waals surface area contributed by atoms with E-state index >= 15 is 0 Å². The predicted octanol–water partition coefficient (Wildman–Crippen LogP) is 3.11. The first-order valence-electron chi connectivity index (χ1n) is 10.1. The summed E-state index contributed by atoms with van der Waals surface area (Å²) >= 11 is 0. The smallest absolute Gasteiger partial charge is 0.251 e. The Morgan fingerprint density at radius 3 is 2.50 bits per heavy atom. The van der Waals surface area contributed by atoms with E-state index in [1.54, 1.807) is 32.9 Å². The van der Waals surface area contributed by atoms with Crippen LogP contribution in [0.25, 0.3) is 11.0 Å². The molecule has 1 aromatic heterocycles. The fourth-order valence-electron chi connectivity index (χ4n) is 3.57. The molecule has 1 N–H and O–H groups in total. The first-order chi connectivity index (χ1) is 14.3. The summed E-state index contributed by atoms with van der Waals surface area (Å²) in [5, 5.41) is 2.91. The molecule has 0 bridgehead atoms. The fraction of sp³-hybridized carbons (Fsp3) is 0.364. The molecule has 0 aliphatic rings. The van der Waals surface area contributed by atoms with Gasteiger partial charge < -0.3 is 9.88 Å². The summed E-state index contributed by atoms with van der Waals surface area (Å²) in [5.41, 5.74) is 3.05. The maximum atomic E-state index is 12.8. The molecule has 0 aliphatic carbocycles. The van der Waals surface area contributed by atoms with Crippen LogP contribution in [0.15, 0.2) is 47.4 Å². The molecule has 3 rings (SSSR count). The van der Waals surface area contributed by atoms with E-state index in [0.717, 1.165) is 22.4 Å². The third-order valence-electron chi connectivity index (χ3n) is 5.26. The SMILES string of the molecule is CCN(CC)S(=O)(=O)c1ccc(C)c(C(=O)NCCn2c(C)nc3ccccc32)c1. The van der Waals surface area contributed by atoms with Crippen molar-refractivity contribution < 1.29 is 13.2 Å². The second-order valence-corrected chi connectivity index (χ2v) is 9.06. The Labute approximate surface area is 177 Å². The predicted molar refractivity (Wildman–Crippen MR) is 118 cm³/mol. The maximum absolute atomic E-state index is 12.8. The average Bonchev–Trinajstić information content (AvgIpc) is 3.04. The van der Waals surface area contributed by atoms with E-state index in [2.05, 4.69) is 14.9 Å². The molecule has 0 aliphatic heterocycles. The van der Waals surface area contributed by atoms with Crippen molar-refractivity contribution in [2.75, 3.05) is 19.6 Å².